The van der Waals surface area contributed by atoms with E-state index in [2.05, 4.69) is 0 Å². The molecule has 3 rings (SSSR count). The van der Waals surface area contributed by atoms with Crippen molar-refractivity contribution >= 4 is 17.4 Å². The van der Waals surface area contributed by atoms with Crippen molar-refractivity contribution in [2.45, 2.75) is 45.1 Å². The molecule has 24 heavy (non-hydrogen) atoms. The van der Waals surface area contributed by atoms with Crippen LogP contribution in [0.3, 0.4) is 0 Å². The van der Waals surface area contributed by atoms with Gasteiger partial charge in [-0.1, -0.05) is 18.6 Å². The molecule has 2 aliphatic rings. The first-order valence-corrected chi connectivity index (χ1v) is 8.44. The van der Waals surface area contributed by atoms with Gasteiger partial charge < -0.3 is 4.74 Å². The average molecular weight is 331 g/mol. The summed E-state index contributed by atoms with van der Waals surface area (Å²) in [5, 5.41) is 10.9. The van der Waals surface area contributed by atoms with Gasteiger partial charge in [-0.3, -0.25) is 19.7 Å². The van der Waals surface area contributed by atoms with Gasteiger partial charge in [0, 0.05) is 24.0 Å². The van der Waals surface area contributed by atoms with E-state index in [-0.39, 0.29) is 29.4 Å². The van der Waals surface area contributed by atoms with Crippen molar-refractivity contribution in [3.05, 3.63) is 39.9 Å². The van der Waals surface area contributed by atoms with Gasteiger partial charge in [0.15, 0.2) is 0 Å². The van der Waals surface area contributed by atoms with Crippen LogP contribution in [-0.2, 0) is 14.3 Å². The van der Waals surface area contributed by atoms with Crippen LogP contribution < -0.4 is 0 Å². The number of nitro benzene ring substituents is 1. The normalized spacial score (nSPS) is 27.4. The summed E-state index contributed by atoms with van der Waals surface area (Å²) in [6.45, 7) is 1.71. The van der Waals surface area contributed by atoms with Crippen LogP contribution in [0.4, 0.5) is 5.69 Å². The first-order valence-electron chi connectivity index (χ1n) is 8.44. The number of ether oxygens (including phenoxy) is 1. The van der Waals surface area contributed by atoms with Gasteiger partial charge in [-0.05, 0) is 38.2 Å². The van der Waals surface area contributed by atoms with Crippen molar-refractivity contribution in [1.29, 1.82) is 0 Å². The quantitative estimate of drug-likeness (QED) is 0.478. The fraction of sp³-hybridized carbons (Fsp3) is 0.556. The van der Waals surface area contributed by atoms with Crippen LogP contribution in [0.1, 0.15) is 50.7 Å². The van der Waals surface area contributed by atoms with Gasteiger partial charge >= 0.3 is 5.97 Å². The van der Waals surface area contributed by atoms with Crippen LogP contribution in [0.2, 0.25) is 0 Å². The number of Topliss-reactive ketones (excluding diaryl/α,β-unsaturated/α-hetero) is 1. The largest absolute Gasteiger partial charge is 0.458 e. The fourth-order valence-electron chi connectivity index (χ4n) is 3.90. The standard InChI is InChI=1S/C18H21NO5/c1-11(12-4-3-7-16(10-12)19(22)23)24-18(21)15-8-13-5-2-6-14(9-15)17(13)20/h3-4,7,10-11,13-15H,2,5-6,8-9H2,1H3/t11-,13-,14+,15?/m0/s1. The minimum absolute atomic E-state index is 0.00293. The highest BCUT2D eigenvalue weighted by atomic mass is 16.6. The Morgan fingerprint density at radius 3 is 2.58 bits per heavy atom. The van der Waals surface area contributed by atoms with Crippen molar-refractivity contribution in [1.82, 2.24) is 0 Å². The summed E-state index contributed by atoms with van der Waals surface area (Å²) in [5.74, 6) is -0.207. The second-order valence-corrected chi connectivity index (χ2v) is 6.83. The Kier molecular flexibility index (Phi) is 4.64. The number of fused-ring (bicyclic) bond motifs is 2. The molecule has 0 N–H and O–H groups in total. The third kappa shape index (κ3) is 3.32. The maximum absolute atomic E-state index is 12.5. The number of hydrogen-bond acceptors (Lipinski definition) is 5. The SMILES string of the molecule is C[C@H](OC(=O)C1C[C@H]2CCC[C@@H](C1)C2=O)c1cccc([N+](=O)[O-])c1. The molecule has 2 aliphatic carbocycles. The molecular formula is C18H21NO5. The molecule has 6 heteroatoms. The first-order chi connectivity index (χ1) is 11.5. The van der Waals surface area contributed by atoms with E-state index in [1.54, 1.807) is 19.1 Å². The van der Waals surface area contributed by atoms with Crippen LogP contribution in [0.5, 0.6) is 0 Å². The van der Waals surface area contributed by atoms with E-state index in [0.717, 1.165) is 19.3 Å². The zero-order valence-corrected chi connectivity index (χ0v) is 13.6. The van der Waals surface area contributed by atoms with Gasteiger partial charge in [0.25, 0.3) is 5.69 Å². The van der Waals surface area contributed by atoms with E-state index >= 15 is 0 Å². The van der Waals surface area contributed by atoms with Crippen molar-refractivity contribution < 1.29 is 19.2 Å². The first kappa shape index (κ1) is 16.6. The Morgan fingerprint density at radius 2 is 1.96 bits per heavy atom. The lowest BCUT2D eigenvalue weighted by Gasteiger charge is -2.36. The van der Waals surface area contributed by atoms with Crippen molar-refractivity contribution in [3.8, 4) is 0 Å². The molecular weight excluding hydrogens is 310 g/mol. The van der Waals surface area contributed by atoms with Gasteiger partial charge in [0.2, 0.25) is 0 Å². The lowest BCUT2D eigenvalue weighted by atomic mass is 9.67. The summed E-state index contributed by atoms with van der Waals surface area (Å²) < 4.78 is 5.54. The molecule has 2 bridgehead atoms. The van der Waals surface area contributed by atoms with Gasteiger partial charge in [-0.2, -0.15) is 0 Å². The van der Waals surface area contributed by atoms with Gasteiger partial charge in [-0.15, -0.1) is 0 Å². The Labute approximate surface area is 140 Å². The molecule has 2 fully saturated rings. The Bertz CT molecular complexity index is 655. The Balaban J connectivity index is 1.65. The number of nitro groups is 1. The summed E-state index contributed by atoms with van der Waals surface area (Å²) in [7, 11) is 0. The second-order valence-electron chi connectivity index (χ2n) is 6.83. The molecule has 1 unspecified atom stereocenters. The Morgan fingerprint density at radius 1 is 1.29 bits per heavy atom. The van der Waals surface area contributed by atoms with E-state index < -0.39 is 11.0 Å². The molecule has 6 nitrogen and oxygen atoms in total. The highest BCUT2D eigenvalue weighted by molar-refractivity contribution is 5.87. The van der Waals surface area contributed by atoms with Crippen LogP contribution in [-0.4, -0.2) is 16.7 Å². The maximum Gasteiger partial charge on any atom is 0.309 e. The number of rotatable bonds is 4. The molecule has 0 saturated heterocycles. The molecule has 0 radical (unpaired) electrons. The minimum Gasteiger partial charge on any atom is -0.458 e. The van der Waals surface area contributed by atoms with Gasteiger partial charge in [0.1, 0.15) is 11.9 Å². The van der Waals surface area contributed by atoms with Gasteiger partial charge in [-0.25, -0.2) is 0 Å². The minimum atomic E-state index is -0.546. The molecule has 1 aromatic rings. The van der Waals surface area contributed by atoms with Gasteiger partial charge in [0.05, 0.1) is 10.8 Å². The monoisotopic (exact) mass is 331 g/mol. The van der Waals surface area contributed by atoms with E-state index in [1.807, 2.05) is 0 Å². The average Bonchev–Trinajstić information content (AvgIpc) is 2.54. The summed E-state index contributed by atoms with van der Waals surface area (Å²) >= 11 is 0. The number of benzene rings is 1. The zero-order chi connectivity index (χ0) is 17.3. The smallest absolute Gasteiger partial charge is 0.309 e. The number of hydrogen-bond donors (Lipinski definition) is 0. The van der Waals surface area contributed by atoms with Crippen molar-refractivity contribution in [2.24, 2.45) is 17.8 Å². The fourth-order valence-corrected chi connectivity index (χ4v) is 3.90. The van der Waals surface area contributed by atoms with Crippen LogP contribution in [0.25, 0.3) is 0 Å². The number of esters is 1. The van der Waals surface area contributed by atoms with Crippen LogP contribution in [0.15, 0.2) is 24.3 Å². The third-order valence-corrected chi connectivity index (χ3v) is 5.22. The summed E-state index contributed by atoms with van der Waals surface area (Å²) in [5.41, 5.74) is 0.581. The van der Waals surface area contributed by atoms with E-state index in [1.165, 1.54) is 12.1 Å². The highest BCUT2D eigenvalue weighted by Crippen LogP contribution is 2.41. The molecule has 0 heterocycles. The van der Waals surface area contributed by atoms with Crippen molar-refractivity contribution in [3.63, 3.8) is 0 Å². The third-order valence-electron chi connectivity index (χ3n) is 5.22. The molecule has 0 spiro atoms. The van der Waals surface area contributed by atoms with E-state index in [9.17, 15) is 19.7 Å². The van der Waals surface area contributed by atoms with E-state index in [0.29, 0.717) is 24.2 Å². The molecule has 0 aliphatic heterocycles. The Hall–Kier alpha value is -2.24. The number of non-ortho nitro benzene ring substituents is 1. The molecule has 128 valence electrons. The summed E-state index contributed by atoms with van der Waals surface area (Å²) in [4.78, 5) is 35.0. The van der Waals surface area contributed by atoms with Crippen molar-refractivity contribution in [2.75, 3.05) is 0 Å². The highest BCUT2D eigenvalue weighted by Gasteiger charge is 2.42. The molecule has 4 atom stereocenters. The second kappa shape index (κ2) is 6.71. The lowest BCUT2D eigenvalue weighted by Crippen LogP contribution is -2.39. The topological polar surface area (TPSA) is 86.5 Å². The van der Waals surface area contributed by atoms with Crippen LogP contribution in [0, 0.1) is 27.9 Å². The lowest BCUT2D eigenvalue weighted by molar-refractivity contribution is -0.385. The summed E-state index contributed by atoms with van der Waals surface area (Å²) in [6.07, 6.45) is 3.42. The van der Waals surface area contributed by atoms with E-state index in [4.69, 9.17) is 4.74 Å². The predicted molar refractivity (Wildman–Crippen MR) is 86.2 cm³/mol. The molecule has 2 saturated carbocycles. The number of nitrogens with zero attached hydrogens (tertiary/aromatic N) is 1. The molecule has 1 aromatic carbocycles. The predicted octanol–water partition coefficient (Wildman–Crippen LogP) is 3.59. The zero-order valence-electron chi connectivity index (χ0n) is 13.6. The number of carbonyl (C=O) groups is 2. The summed E-state index contributed by atoms with van der Waals surface area (Å²) in [6, 6.07) is 6.13. The number of carbonyl (C=O) groups excluding carboxylic acids is 2. The molecule has 0 aromatic heterocycles. The molecule has 0 amide bonds. The number of ketones is 1. The van der Waals surface area contributed by atoms with Crippen LogP contribution >= 0.6 is 0 Å². The maximum atomic E-state index is 12.5.